The minimum Gasteiger partial charge on any atom is -0.339 e. The lowest BCUT2D eigenvalue weighted by atomic mass is 9.95. The van der Waals surface area contributed by atoms with Gasteiger partial charge in [-0.1, -0.05) is 24.3 Å². The number of nitrogens with zero attached hydrogens (tertiary/aromatic N) is 2. The number of alkyl halides is 2. The van der Waals surface area contributed by atoms with Crippen molar-refractivity contribution in [2.75, 3.05) is 19.6 Å². The van der Waals surface area contributed by atoms with Gasteiger partial charge in [0.05, 0.1) is 0 Å². The van der Waals surface area contributed by atoms with Crippen molar-refractivity contribution in [1.82, 2.24) is 15.2 Å². The van der Waals surface area contributed by atoms with Crippen molar-refractivity contribution in [2.45, 2.75) is 32.2 Å². The molecule has 1 amide bonds. The first-order valence-corrected chi connectivity index (χ1v) is 9.36. The van der Waals surface area contributed by atoms with Gasteiger partial charge in [-0.2, -0.15) is 0 Å². The van der Waals surface area contributed by atoms with Gasteiger partial charge in [0.15, 0.2) is 0 Å². The number of benzene rings is 1. The highest BCUT2D eigenvalue weighted by atomic mass is 19.3. The lowest BCUT2D eigenvalue weighted by Gasteiger charge is -2.32. The largest absolute Gasteiger partial charge is 0.339 e. The Morgan fingerprint density at radius 3 is 2.48 bits per heavy atom. The van der Waals surface area contributed by atoms with Crippen LogP contribution in [0.4, 0.5) is 8.78 Å². The van der Waals surface area contributed by atoms with E-state index in [2.05, 4.69) is 10.3 Å². The number of carbonyl (C=O) groups is 1. The third-order valence-electron chi connectivity index (χ3n) is 5.17. The molecule has 0 spiro atoms. The number of hydrogen-bond donors (Lipinski definition) is 1. The van der Waals surface area contributed by atoms with Crippen molar-refractivity contribution in [3.8, 4) is 0 Å². The summed E-state index contributed by atoms with van der Waals surface area (Å²) in [5, 5.41) is 3.46. The summed E-state index contributed by atoms with van der Waals surface area (Å²) in [5.41, 5.74) is 1.44. The third kappa shape index (κ3) is 5.10. The van der Waals surface area contributed by atoms with Crippen LogP contribution in [-0.2, 0) is 0 Å². The quantitative estimate of drug-likeness (QED) is 0.825. The molecule has 1 aromatic carbocycles. The number of rotatable bonds is 6. The lowest BCUT2D eigenvalue weighted by Crippen LogP contribution is -2.41. The molecule has 1 aliphatic heterocycles. The number of pyridine rings is 1. The summed E-state index contributed by atoms with van der Waals surface area (Å²) >= 11 is 0. The van der Waals surface area contributed by atoms with Gasteiger partial charge in [0.1, 0.15) is 5.69 Å². The van der Waals surface area contributed by atoms with E-state index in [1.54, 1.807) is 6.07 Å². The third-order valence-corrected chi connectivity index (χ3v) is 5.17. The number of carbonyl (C=O) groups excluding carboxylic acids is 1. The van der Waals surface area contributed by atoms with E-state index in [9.17, 15) is 13.6 Å². The number of likely N-dealkylation sites (tertiary alicyclic amines) is 1. The zero-order valence-electron chi connectivity index (χ0n) is 15.4. The standard InChI is InChI=1S/C21H25F2N3O/c1-15(18-7-8-19(20(22)23)25-14-18)24-13-16-9-11-26(12-10-16)21(27)17-5-3-2-4-6-17/h2-8,14-16,20,24H,9-13H2,1H3. The Bertz CT molecular complexity index is 729. The fourth-order valence-electron chi connectivity index (χ4n) is 3.37. The predicted molar refractivity (Wildman–Crippen MR) is 101 cm³/mol. The molecule has 0 aliphatic carbocycles. The molecule has 0 saturated carbocycles. The van der Waals surface area contributed by atoms with E-state index >= 15 is 0 Å². The smallest absolute Gasteiger partial charge is 0.280 e. The minimum absolute atomic E-state index is 0.0493. The van der Waals surface area contributed by atoms with Gasteiger partial charge in [-0.05, 0) is 56.0 Å². The number of nitrogens with one attached hydrogen (secondary N) is 1. The Hall–Kier alpha value is -2.34. The van der Waals surface area contributed by atoms with Crippen LogP contribution in [0.2, 0.25) is 0 Å². The number of amides is 1. The highest BCUT2D eigenvalue weighted by Gasteiger charge is 2.23. The van der Waals surface area contributed by atoms with Crippen LogP contribution in [-0.4, -0.2) is 35.4 Å². The van der Waals surface area contributed by atoms with Gasteiger partial charge in [0.25, 0.3) is 12.3 Å². The van der Waals surface area contributed by atoms with Gasteiger partial charge in [-0.15, -0.1) is 0 Å². The van der Waals surface area contributed by atoms with Gasteiger partial charge in [-0.3, -0.25) is 9.78 Å². The molecule has 27 heavy (non-hydrogen) atoms. The van der Waals surface area contributed by atoms with Crippen LogP contribution >= 0.6 is 0 Å². The normalized spacial score (nSPS) is 16.5. The van der Waals surface area contributed by atoms with Crippen molar-refractivity contribution in [3.63, 3.8) is 0 Å². The number of aromatic nitrogens is 1. The van der Waals surface area contributed by atoms with Crippen LogP contribution < -0.4 is 5.32 Å². The van der Waals surface area contributed by atoms with E-state index in [-0.39, 0.29) is 17.6 Å². The van der Waals surface area contributed by atoms with Crippen LogP contribution in [0.5, 0.6) is 0 Å². The van der Waals surface area contributed by atoms with Crippen LogP contribution in [0.15, 0.2) is 48.7 Å². The zero-order chi connectivity index (χ0) is 19.2. The predicted octanol–water partition coefficient (Wildman–Crippen LogP) is 4.22. The highest BCUT2D eigenvalue weighted by Crippen LogP contribution is 2.21. The topological polar surface area (TPSA) is 45.2 Å². The SMILES string of the molecule is CC(NCC1CCN(C(=O)c2ccccc2)CC1)c1ccc(C(F)F)nc1. The molecule has 3 rings (SSSR count). The first-order chi connectivity index (χ1) is 13.0. The van der Waals surface area contributed by atoms with E-state index in [0.29, 0.717) is 5.92 Å². The lowest BCUT2D eigenvalue weighted by molar-refractivity contribution is 0.0689. The molecular weight excluding hydrogens is 348 g/mol. The number of hydrogen-bond acceptors (Lipinski definition) is 3. The average molecular weight is 373 g/mol. The average Bonchev–Trinajstić information content (AvgIpc) is 2.72. The van der Waals surface area contributed by atoms with E-state index < -0.39 is 6.43 Å². The van der Waals surface area contributed by atoms with Gasteiger partial charge in [-0.25, -0.2) is 8.78 Å². The van der Waals surface area contributed by atoms with E-state index in [1.807, 2.05) is 42.2 Å². The first-order valence-electron chi connectivity index (χ1n) is 9.36. The molecule has 1 atom stereocenters. The van der Waals surface area contributed by atoms with Crippen LogP contribution in [0.3, 0.4) is 0 Å². The molecule has 144 valence electrons. The molecule has 6 heteroatoms. The van der Waals surface area contributed by atoms with Crippen molar-refractivity contribution < 1.29 is 13.6 Å². The fourth-order valence-corrected chi connectivity index (χ4v) is 3.37. The van der Waals surface area contributed by atoms with Crippen molar-refractivity contribution in [2.24, 2.45) is 5.92 Å². The molecular formula is C21H25F2N3O. The van der Waals surface area contributed by atoms with Gasteiger partial charge >= 0.3 is 0 Å². The summed E-state index contributed by atoms with van der Waals surface area (Å²) in [6.07, 6.45) is 0.897. The monoisotopic (exact) mass is 373 g/mol. The highest BCUT2D eigenvalue weighted by molar-refractivity contribution is 5.94. The fraction of sp³-hybridized carbons (Fsp3) is 0.429. The van der Waals surface area contributed by atoms with Gasteiger partial charge in [0.2, 0.25) is 0 Å². The second-order valence-corrected chi connectivity index (χ2v) is 7.05. The van der Waals surface area contributed by atoms with Crippen molar-refractivity contribution in [1.29, 1.82) is 0 Å². The number of piperidine rings is 1. The second-order valence-electron chi connectivity index (χ2n) is 7.05. The maximum absolute atomic E-state index is 12.6. The summed E-state index contributed by atoms with van der Waals surface area (Å²) in [6, 6.07) is 12.5. The zero-order valence-corrected chi connectivity index (χ0v) is 15.4. The Labute approximate surface area is 158 Å². The molecule has 0 radical (unpaired) electrons. The Morgan fingerprint density at radius 2 is 1.89 bits per heavy atom. The van der Waals surface area contributed by atoms with Crippen LogP contribution in [0, 0.1) is 5.92 Å². The summed E-state index contributed by atoms with van der Waals surface area (Å²) in [6.45, 7) is 4.37. The minimum atomic E-state index is -2.54. The second kappa shape index (κ2) is 9.04. The maximum Gasteiger partial charge on any atom is 0.280 e. The Morgan fingerprint density at radius 1 is 1.19 bits per heavy atom. The van der Waals surface area contributed by atoms with E-state index in [4.69, 9.17) is 0 Å². The van der Waals surface area contributed by atoms with E-state index in [0.717, 1.165) is 43.6 Å². The molecule has 1 N–H and O–H groups in total. The molecule has 0 bridgehead atoms. The molecule has 1 unspecified atom stereocenters. The Kier molecular flexibility index (Phi) is 6.50. The van der Waals surface area contributed by atoms with Gasteiger partial charge in [0, 0.05) is 30.9 Å². The first kappa shape index (κ1) is 19.4. The summed E-state index contributed by atoms with van der Waals surface area (Å²) in [7, 11) is 0. The molecule has 1 aromatic heterocycles. The summed E-state index contributed by atoms with van der Waals surface area (Å²) in [5.74, 6) is 0.598. The van der Waals surface area contributed by atoms with E-state index in [1.165, 1.54) is 12.3 Å². The maximum atomic E-state index is 12.6. The molecule has 4 nitrogen and oxygen atoms in total. The van der Waals surface area contributed by atoms with Gasteiger partial charge < -0.3 is 10.2 Å². The van der Waals surface area contributed by atoms with Crippen molar-refractivity contribution >= 4 is 5.91 Å². The van der Waals surface area contributed by atoms with Crippen LogP contribution in [0.1, 0.15) is 53.8 Å². The number of halogens is 2. The molecule has 1 aliphatic rings. The molecule has 1 saturated heterocycles. The molecule has 2 aromatic rings. The van der Waals surface area contributed by atoms with Crippen LogP contribution in [0.25, 0.3) is 0 Å². The van der Waals surface area contributed by atoms with Crippen molar-refractivity contribution in [3.05, 3.63) is 65.5 Å². The summed E-state index contributed by atoms with van der Waals surface area (Å²) in [4.78, 5) is 18.2. The summed E-state index contributed by atoms with van der Waals surface area (Å²) < 4.78 is 25.2. The Balaban J connectivity index is 1.44. The molecule has 2 heterocycles. The molecule has 1 fully saturated rings.